The molecule has 0 aromatic heterocycles. The maximum Gasteiger partial charge on any atom is 0.250 e. The van der Waals surface area contributed by atoms with Crippen molar-refractivity contribution < 1.29 is 9.53 Å². The van der Waals surface area contributed by atoms with Gasteiger partial charge in [-0.15, -0.1) is 0 Å². The highest BCUT2D eigenvalue weighted by atomic mass is 16.5. The molecule has 0 atom stereocenters. The highest BCUT2D eigenvalue weighted by Crippen LogP contribution is 2.19. The molecule has 21 heavy (non-hydrogen) atoms. The summed E-state index contributed by atoms with van der Waals surface area (Å²) in [6.45, 7) is 2.58. The normalized spacial score (nSPS) is 10.6. The van der Waals surface area contributed by atoms with Gasteiger partial charge in [-0.2, -0.15) is 0 Å². The van der Waals surface area contributed by atoms with Crippen LogP contribution < -0.4 is 9.64 Å². The lowest BCUT2D eigenvalue weighted by molar-refractivity contribution is -0.114. The Morgan fingerprint density at radius 1 is 1.10 bits per heavy atom. The van der Waals surface area contributed by atoms with E-state index >= 15 is 0 Å². The Labute approximate surface area is 125 Å². The Hall–Kier alpha value is -2.55. The smallest absolute Gasteiger partial charge is 0.250 e. The lowest BCUT2D eigenvalue weighted by Crippen LogP contribution is -2.28. The number of para-hydroxylation sites is 2. The zero-order valence-corrected chi connectivity index (χ0v) is 12.3. The van der Waals surface area contributed by atoms with E-state index in [1.807, 2.05) is 61.5 Å². The highest BCUT2D eigenvalue weighted by molar-refractivity contribution is 6.03. The third-order valence-corrected chi connectivity index (χ3v) is 3.19. The number of hydrogen-bond acceptors (Lipinski definition) is 2. The molecule has 108 valence electrons. The van der Waals surface area contributed by atoms with Crippen LogP contribution in [0, 0.1) is 0 Å². The Bertz CT molecular complexity index is 620. The monoisotopic (exact) mass is 281 g/mol. The van der Waals surface area contributed by atoms with E-state index in [-0.39, 0.29) is 5.91 Å². The van der Waals surface area contributed by atoms with E-state index in [1.54, 1.807) is 24.2 Å². The first-order valence-corrected chi connectivity index (χ1v) is 6.94. The van der Waals surface area contributed by atoms with Gasteiger partial charge in [0.05, 0.1) is 7.11 Å². The number of carbonyl (C=O) groups excluding carboxylic acids is 1. The van der Waals surface area contributed by atoms with Crippen LogP contribution in [0.2, 0.25) is 0 Å². The van der Waals surface area contributed by atoms with Gasteiger partial charge in [-0.05, 0) is 31.2 Å². The topological polar surface area (TPSA) is 29.5 Å². The summed E-state index contributed by atoms with van der Waals surface area (Å²) in [5, 5.41) is 0. The lowest BCUT2D eigenvalue weighted by Gasteiger charge is -2.19. The second-order valence-electron chi connectivity index (χ2n) is 4.49. The number of anilines is 1. The van der Waals surface area contributed by atoms with E-state index in [9.17, 15) is 4.79 Å². The summed E-state index contributed by atoms with van der Waals surface area (Å²) in [7, 11) is 1.62. The first kappa shape index (κ1) is 14.9. The van der Waals surface area contributed by atoms with Gasteiger partial charge >= 0.3 is 0 Å². The van der Waals surface area contributed by atoms with Crippen LogP contribution in [-0.4, -0.2) is 19.6 Å². The second kappa shape index (κ2) is 7.29. The van der Waals surface area contributed by atoms with Crippen LogP contribution in [0.1, 0.15) is 12.5 Å². The van der Waals surface area contributed by atoms with Gasteiger partial charge in [0, 0.05) is 23.9 Å². The molecule has 3 heteroatoms. The first-order chi connectivity index (χ1) is 10.3. The van der Waals surface area contributed by atoms with Gasteiger partial charge in [0.2, 0.25) is 0 Å². The molecule has 0 saturated carbocycles. The molecule has 0 unspecified atom stereocenters. The number of rotatable bonds is 5. The Morgan fingerprint density at radius 3 is 2.43 bits per heavy atom. The van der Waals surface area contributed by atoms with Crippen molar-refractivity contribution in [3.05, 3.63) is 66.2 Å². The Kier molecular flexibility index (Phi) is 5.16. The molecule has 1 amide bonds. The summed E-state index contributed by atoms with van der Waals surface area (Å²) in [6, 6.07) is 17.3. The lowest BCUT2D eigenvalue weighted by atomic mass is 10.2. The van der Waals surface area contributed by atoms with Gasteiger partial charge in [0.15, 0.2) is 0 Å². The molecule has 0 radical (unpaired) electrons. The maximum atomic E-state index is 12.3. The third kappa shape index (κ3) is 3.72. The zero-order valence-electron chi connectivity index (χ0n) is 12.3. The van der Waals surface area contributed by atoms with Gasteiger partial charge in [-0.25, -0.2) is 0 Å². The average Bonchev–Trinajstić information content (AvgIpc) is 2.55. The molecule has 0 saturated heterocycles. The van der Waals surface area contributed by atoms with E-state index in [0.29, 0.717) is 6.54 Å². The standard InChI is InChI=1S/C18H19NO2/c1-3-19(16-10-5-4-6-11-16)18(20)14-13-15-9-7-8-12-17(15)21-2/h4-14H,3H2,1-2H3. The predicted molar refractivity (Wildman–Crippen MR) is 86.5 cm³/mol. The second-order valence-corrected chi connectivity index (χ2v) is 4.49. The molecule has 0 N–H and O–H groups in total. The van der Waals surface area contributed by atoms with E-state index in [0.717, 1.165) is 17.0 Å². The van der Waals surface area contributed by atoms with Crippen LogP contribution in [0.3, 0.4) is 0 Å². The van der Waals surface area contributed by atoms with Crippen LogP contribution in [-0.2, 0) is 4.79 Å². The minimum atomic E-state index is -0.0467. The van der Waals surface area contributed by atoms with Crippen molar-refractivity contribution in [3.63, 3.8) is 0 Å². The van der Waals surface area contributed by atoms with Gasteiger partial charge in [0.25, 0.3) is 5.91 Å². The summed E-state index contributed by atoms with van der Waals surface area (Å²) >= 11 is 0. The molecular weight excluding hydrogens is 262 g/mol. The van der Waals surface area contributed by atoms with Crippen LogP contribution in [0.4, 0.5) is 5.69 Å². The first-order valence-electron chi connectivity index (χ1n) is 6.94. The van der Waals surface area contributed by atoms with Crippen LogP contribution in [0.15, 0.2) is 60.7 Å². The molecule has 0 aliphatic heterocycles. The Morgan fingerprint density at radius 2 is 1.76 bits per heavy atom. The van der Waals surface area contributed by atoms with E-state index < -0.39 is 0 Å². The van der Waals surface area contributed by atoms with Gasteiger partial charge in [-0.1, -0.05) is 36.4 Å². The van der Waals surface area contributed by atoms with Crippen LogP contribution in [0.25, 0.3) is 6.08 Å². The minimum absolute atomic E-state index is 0.0467. The number of hydrogen-bond donors (Lipinski definition) is 0. The fraction of sp³-hybridized carbons (Fsp3) is 0.167. The van der Waals surface area contributed by atoms with Crippen molar-refractivity contribution in [2.45, 2.75) is 6.92 Å². The quantitative estimate of drug-likeness (QED) is 0.781. The van der Waals surface area contributed by atoms with E-state index in [1.165, 1.54) is 0 Å². The maximum absolute atomic E-state index is 12.3. The van der Waals surface area contributed by atoms with E-state index in [4.69, 9.17) is 4.74 Å². The van der Waals surface area contributed by atoms with E-state index in [2.05, 4.69) is 0 Å². The van der Waals surface area contributed by atoms with Crippen molar-refractivity contribution >= 4 is 17.7 Å². The SMILES string of the molecule is CCN(C(=O)C=Cc1ccccc1OC)c1ccccc1. The summed E-state index contributed by atoms with van der Waals surface area (Å²) in [6.07, 6.45) is 3.36. The highest BCUT2D eigenvalue weighted by Gasteiger charge is 2.10. The van der Waals surface area contributed by atoms with Crippen LogP contribution in [0.5, 0.6) is 5.75 Å². The van der Waals surface area contributed by atoms with Crippen LogP contribution >= 0.6 is 0 Å². The van der Waals surface area contributed by atoms with Crippen molar-refractivity contribution in [2.75, 3.05) is 18.6 Å². The molecule has 3 nitrogen and oxygen atoms in total. The molecular formula is C18H19NO2. The van der Waals surface area contributed by atoms with Crippen molar-refractivity contribution in [1.29, 1.82) is 0 Å². The summed E-state index contributed by atoms with van der Waals surface area (Å²) in [5.74, 6) is 0.707. The number of benzene rings is 2. The molecule has 0 aliphatic carbocycles. The summed E-state index contributed by atoms with van der Waals surface area (Å²) < 4.78 is 5.27. The fourth-order valence-electron chi connectivity index (χ4n) is 2.13. The van der Waals surface area contributed by atoms with Crippen molar-refractivity contribution in [1.82, 2.24) is 0 Å². The number of amides is 1. The largest absolute Gasteiger partial charge is 0.496 e. The fourth-order valence-corrected chi connectivity index (χ4v) is 2.13. The molecule has 0 spiro atoms. The van der Waals surface area contributed by atoms with Crippen molar-refractivity contribution in [2.24, 2.45) is 0 Å². The number of carbonyl (C=O) groups is 1. The van der Waals surface area contributed by atoms with Gasteiger partial charge < -0.3 is 9.64 Å². The molecule has 0 fully saturated rings. The predicted octanol–water partition coefficient (Wildman–Crippen LogP) is 3.76. The molecule has 2 aromatic carbocycles. The molecule has 2 rings (SSSR count). The average molecular weight is 281 g/mol. The Balaban J connectivity index is 2.18. The molecule has 0 heterocycles. The number of ether oxygens (including phenoxy) is 1. The minimum Gasteiger partial charge on any atom is -0.496 e. The number of likely N-dealkylation sites (N-methyl/N-ethyl adjacent to an activating group) is 1. The summed E-state index contributed by atoms with van der Waals surface area (Å²) in [4.78, 5) is 14.1. The van der Waals surface area contributed by atoms with Crippen molar-refractivity contribution in [3.8, 4) is 5.75 Å². The number of nitrogens with zero attached hydrogens (tertiary/aromatic N) is 1. The third-order valence-electron chi connectivity index (χ3n) is 3.19. The number of methoxy groups -OCH3 is 1. The molecule has 2 aromatic rings. The molecule has 0 aliphatic rings. The zero-order chi connectivity index (χ0) is 15.1. The molecule has 0 bridgehead atoms. The van der Waals surface area contributed by atoms with Gasteiger partial charge in [0.1, 0.15) is 5.75 Å². The summed E-state index contributed by atoms with van der Waals surface area (Å²) in [5.41, 5.74) is 1.78. The van der Waals surface area contributed by atoms with Gasteiger partial charge in [-0.3, -0.25) is 4.79 Å².